The number of ether oxygens (including phenoxy) is 2. The predicted molar refractivity (Wildman–Crippen MR) is 146 cm³/mol. The highest BCUT2D eigenvalue weighted by Gasteiger charge is 2.27. The fourth-order valence-corrected chi connectivity index (χ4v) is 5.39. The molecule has 1 atom stereocenters. The Hall–Kier alpha value is -2.11. The van der Waals surface area contributed by atoms with Crippen molar-refractivity contribution in [1.29, 1.82) is 0 Å². The number of aromatic nitrogens is 1. The number of methoxy groups -OCH3 is 2. The van der Waals surface area contributed by atoms with Crippen LogP contribution in [0.25, 0.3) is 0 Å². The maximum Gasteiger partial charge on any atom is 0.164 e. The molecular formula is C30H47N3O2. The van der Waals surface area contributed by atoms with Crippen LogP contribution in [0.2, 0.25) is 0 Å². The number of aryl methyl sites for hydroxylation is 1. The molecule has 0 spiro atoms. The van der Waals surface area contributed by atoms with Crippen molar-refractivity contribution >= 4 is 0 Å². The lowest BCUT2D eigenvalue weighted by Crippen LogP contribution is -2.40. The van der Waals surface area contributed by atoms with Gasteiger partial charge in [-0.3, -0.25) is 4.98 Å². The second-order valence-corrected chi connectivity index (χ2v) is 9.81. The minimum absolute atomic E-state index is 0.647. The number of nitrogens with zero attached hydrogens (tertiary/aromatic N) is 2. The molecule has 0 saturated heterocycles. The first kappa shape index (κ1) is 27.5. The van der Waals surface area contributed by atoms with Gasteiger partial charge >= 0.3 is 0 Å². The Bertz CT molecular complexity index is 843. The number of fused-ring (bicyclic) bond motifs is 1. The zero-order chi connectivity index (χ0) is 24.7. The van der Waals surface area contributed by atoms with E-state index in [-0.39, 0.29) is 0 Å². The van der Waals surface area contributed by atoms with Gasteiger partial charge in [-0.25, -0.2) is 0 Å². The van der Waals surface area contributed by atoms with Crippen molar-refractivity contribution in [3.8, 4) is 11.5 Å². The normalized spacial score (nSPS) is 15.3. The molecule has 0 radical (unpaired) electrons. The molecule has 0 fully saturated rings. The molecular weight excluding hydrogens is 434 g/mol. The average molecular weight is 482 g/mol. The minimum atomic E-state index is 0.647. The Morgan fingerprint density at radius 1 is 0.943 bits per heavy atom. The smallest absolute Gasteiger partial charge is 0.164 e. The van der Waals surface area contributed by atoms with Crippen LogP contribution in [0.15, 0.2) is 36.5 Å². The van der Waals surface area contributed by atoms with E-state index < -0.39 is 0 Å². The summed E-state index contributed by atoms with van der Waals surface area (Å²) < 4.78 is 11.2. The maximum atomic E-state index is 5.69. The van der Waals surface area contributed by atoms with Gasteiger partial charge in [0.1, 0.15) is 0 Å². The third-order valence-corrected chi connectivity index (χ3v) is 7.27. The molecule has 2 aromatic rings. The van der Waals surface area contributed by atoms with Crippen molar-refractivity contribution in [1.82, 2.24) is 15.2 Å². The summed E-state index contributed by atoms with van der Waals surface area (Å²) in [5, 5.41) is 3.62. The number of rotatable bonds is 17. The van der Waals surface area contributed by atoms with Crippen molar-refractivity contribution in [2.45, 2.75) is 83.6 Å². The fraction of sp³-hybridized carbons (Fsp3) is 0.633. The number of benzene rings is 1. The molecule has 0 saturated carbocycles. The van der Waals surface area contributed by atoms with Gasteiger partial charge in [-0.05, 0) is 108 Å². The second-order valence-electron chi connectivity index (χ2n) is 9.81. The van der Waals surface area contributed by atoms with E-state index in [0.717, 1.165) is 43.9 Å². The molecule has 0 bridgehead atoms. The van der Waals surface area contributed by atoms with Crippen LogP contribution >= 0.6 is 0 Å². The summed E-state index contributed by atoms with van der Waals surface area (Å²) in [6, 6.07) is 11.1. The third-order valence-electron chi connectivity index (χ3n) is 7.27. The largest absolute Gasteiger partial charge is 0.493 e. The SMILES string of the molecule is CCCN(CCCCCCNCCCCc1ccccn1)C1CCc2c(ccc(OC)c2OC)C1. The highest BCUT2D eigenvalue weighted by molar-refractivity contribution is 5.52. The Balaban J connectivity index is 1.29. The van der Waals surface area contributed by atoms with Gasteiger partial charge in [0.15, 0.2) is 11.5 Å². The third kappa shape index (κ3) is 8.80. The fourth-order valence-electron chi connectivity index (χ4n) is 5.39. The molecule has 3 rings (SSSR count). The molecule has 35 heavy (non-hydrogen) atoms. The summed E-state index contributed by atoms with van der Waals surface area (Å²) in [5.41, 5.74) is 4.00. The lowest BCUT2D eigenvalue weighted by atomic mass is 9.86. The first-order valence-electron chi connectivity index (χ1n) is 13.8. The molecule has 1 aliphatic rings. The molecule has 0 aliphatic heterocycles. The van der Waals surface area contributed by atoms with Crippen LogP contribution in [0.1, 0.15) is 75.1 Å². The monoisotopic (exact) mass is 481 g/mol. The zero-order valence-corrected chi connectivity index (χ0v) is 22.4. The van der Waals surface area contributed by atoms with E-state index in [1.807, 2.05) is 12.3 Å². The lowest BCUT2D eigenvalue weighted by Gasteiger charge is -2.36. The van der Waals surface area contributed by atoms with Gasteiger partial charge < -0.3 is 19.7 Å². The standard InChI is InChI=1S/C30H47N3O2/c1-4-22-33(27-16-17-28-25(24-27)15-18-29(34-2)30(28)35-3)23-12-6-5-9-19-31-20-10-7-13-26-14-8-11-21-32-26/h8,11,14-15,18,21,27,31H,4-7,9-10,12-13,16-17,19-20,22-24H2,1-3H3. The van der Waals surface area contributed by atoms with Gasteiger partial charge in [-0.2, -0.15) is 0 Å². The summed E-state index contributed by atoms with van der Waals surface area (Å²) in [7, 11) is 3.48. The van der Waals surface area contributed by atoms with Crippen molar-refractivity contribution in [3.05, 3.63) is 53.3 Å². The topological polar surface area (TPSA) is 46.6 Å². The van der Waals surface area contributed by atoms with E-state index in [1.54, 1.807) is 14.2 Å². The summed E-state index contributed by atoms with van der Waals surface area (Å²) in [4.78, 5) is 7.15. The summed E-state index contributed by atoms with van der Waals surface area (Å²) in [6.45, 7) is 7.00. The number of pyridine rings is 1. The molecule has 1 heterocycles. The van der Waals surface area contributed by atoms with E-state index in [2.05, 4.69) is 46.4 Å². The van der Waals surface area contributed by atoms with Gasteiger partial charge in [0.25, 0.3) is 0 Å². The first-order chi connectivity index (χ1) is 17.3. The minimum Gasteiger partial charge on any atom is -0.493 e. The molecule has 0 amide bonds. The first-order valence-corrected chi connectivity index (χ1v) is 13.8. The van der Waals surface area contributed by atoms with Crippen molar-refractivity contribution in [2.24, 2.45) is 0 Å². The van der Waals surface area contributed by atoms with Crippen LogP contribution < -0.4 is 14.8 Å². The molecule has 1 aromatic heterocycles. The Kier molecular flexibility index (Phi) is 12.4. The van der Waals surface area contributed by atoms with E-state index in [4.69, 9.17) is 9.47 Å². The van der Waals surface area contributed by atoms with Crippen molar-refractivity contribution < 1.29 is 9.47 Å². The Morgan fingerprint density at radius 2 is 1.77 bits per heavy atom. The number of hydrogen-bond acceptors (Lipinski definition) is 5. The summed E-state index contributed by atoms with van der Waals surface area (Å²) >= 11 is 0. The van der Waals surface area contributed by atoms with Crippen LogP contribution in [0.3, 0.4) is 0 Å². The molecule has 5 nitrogen and oxygen atoms in total. The maximum absolute atomic E-state index is 5.69. The molecule has 1 N–H and O–H groups in total. The lowest BCUT2D eigenvalue weighted by molar-refractivity contribution is 0.175. The highest BCUT2D eigenvalue weighted by atomic mass is 16.5. The molecule has 5 heteroatoms. The quantitative estimate of drug-likeness (QED) is 0.288. The van der Waals surface area contributed by atoms with Crippen molar-refractivity contribution in [2.75, 3.05) is 40.4 Å². The van der Waals surface area contributed by atoms with Crippen LogP contribution in [-0.4, -0.2) is 56.3 Å². The van der Waals surface area contributed by atoms with Gasteiger partial charge in [0, 0.05) is 23.5 Å². The number of unbranched alkanes of at least 4 members (excludes halogenated alkanes) is 4. The van der Waals surface area contributed by atoms with E-state index >= 15 is 0 Å². The van der Waals surface area contributed by atoms with Gasteiger partial charge in [0.2, 0.25) is 0 Å². The van der Waals surface area contributed by atoms with Crippen LogP contribution in [0, 0.1) is 0 Å². The molecule has 1 unspecified atom stereocenters. The molecule has 194 valence electrons. The van der Waals surface area contributed by atoms with E-state index in [1.165, 1.54) is 81.3 Å². The summed E-state index contributed by atoms with van der Waals surface area (Å²) in [6.07, 6.45) is 15.3. The summed E-state index contributed by atoms with van der Waals surface area (Å²) in [5.74, 6) is 1.79. The number of nitrogens with one attached hydrogen (secondary N) is 1. The van der Waals surface area contributed by atoms with Gasteiger partial charge in [-0.15, -0.1) is 0 Å². The second kappa shape index (κ2) is 15.8. The number of hydrogen-bond donors (Lipinski definition) is 1. The van der Waals surface area contributed by atoms with Crippen LogP contribution in [-0.2, 0) is 19.3 Å². The van der Waals surface area contributed by atoms with E-state index in [9.17, 15) is 0 Å². The van der Waals surface area contributed by atoms with Crippen LogP contribution in [0.4, 0.5) is 0 Å². The Morgan fingerprint density at radius 3 is 2.51 bits per heavy atom. The zero-order valence-electron chi connectivity index (χ0n) is 22.4. The van der Waals surface area contributed by atoms with Gasteiger partial charge in [-0.1, -0.05) is 31.9 Å². The Labute approximate surface area is 213 Å². The predicted octanol–water partition coefficient (Wildman–Crippen LogP) is 5.84. The van der Waals surface area contributed by atoms with Crippen molar-refractivity contribution in [3.63, 3.8) is 0 Å². The molecule has 1 aromatic carbocycles. The van der Waals surface area contributed by atoms with E-state index in [0.29, 0.717) is 6.04 Å². The van der Waals surface area contributed by atoms with Gasteiger partial charge in [0.05, 0.1) is 14.2 Å². The molecule has 1 aliphatic carbocycles. The van der Waals surface area contributed by atoms with Crippen LogP contribution in [0.5, 0.6) is 11.5 Å². The highest BCUT2D eigenvalue weighted by Crippen LogP contribution is 2.38. The average Bonchev–Trinajstić information content (AvgIpc) is 2.90.